The van der Waals surface area contributed by atoms with E-state index in [1.807, 2.05) is 0 Å². The lowest BCUT2D eigenvalue weighted by Crippen LogP contribution is -2.35. The van der Waals surface area contributed by atoms with Crippen LogP contribution >= 0.6 is 11.6 Å². The van der Waals surface area contributed by atoms with Gasteiger partial charge in [-0.15, -0.1) is 0 Å². The molecule has 0 aromatic heterocycles. The molecular formula is C15H19ClN2O3. The summed E-state index contributed by atoms with van der Waals surface area (Å²) >= 11 is 5.98. The molecule has 0 heterocycles. The van der Waals surface area contributed by atoms with Crippen LogP contribution in [0.3, 0.4) is 0 Å². The van der Waals surface area contributed by atoms with Crippen molar-refractivity contribution >= 4 is 23.2 Å². The topological polar surface area (TPSA) is 72.2 Å². The molecule has 6 heteroatoms. The first-order chi connectivity index (χ1) is 9.97. The Balaban J connectivity index is 2.09. The minimum absolute atomic E-state index is 0.129. The van der Waals surface area contributed by atoms with Crippen LogP contribution in [0.5, 0.6) is 0 Å². The standard InChI is InChI=1S/C15H19ClN2O3/c1-2-15(7-3-4-8-15)10-17-14(19)12-9-11(18(20)21)5-6-13(12)16/h5-6,9H,2-4,7-8,10H2,1H3,(H,17,19). The molecule has 114 valence electrons. The second-order valence-corrected chi connectivity index (χ2v) is 6.07. The molecular weight excluding hydrogens is 292 g/mol. The first-order valence-corrected chi connectivity index (χ1v) is 7.57. The highest BCUT2D eigenvalue weighted by atomic mass is 35.5. The largest absolute Gasteiger partial charge is 0.351 e. The molecule has 5 nitrogen and oxygen atoms in total. The minimum atomic E-state index is -0.530. The van der Waals surface area contributed by atoms with E-state index in [4.69, 9.17) is 11.6 Å². The summed E-state index contributed by atoms with van der Waals surface area (Å²) in [7, 11) is 0. The Morgan fingerprint density at radius 1 is 1.43 bits per heavy atom. The molecule has 0 atom stereocenters. The van der Waals surface area contributed by atoms with Gasteiger partial charge in [-0.2, -0.15) is 0 Å². The van der Waals surface area contributed by atoms with Gasteiger partial charge in [-0.05, 0) is 30.7 Å². The lowest BCUT2D eigenvalue weighted by Gasteiger charge is -2.27. The van der Waals surface area contributed by atoms with Crippen molar-refractivity contribution in [2.45, 2.75) is 39.0 Å². The molecule has 0 bridgehead atoms. The van der Waals surface area contributed by atoms with Gasteiger partial charge in [-0.25, -0.2) is 0 Å². The molecule has 0 radical (unpaired) electrons. The normalized spacial score (nSPS) is 16.7. The van der Waals surface area contributed by atoms with Crippen LogP contribution in [-0.4, -0.2) is 17.4 Å². The maximum absolute atomic E-state index is 12.2. The van der Waals surface area contributed by atoms with Crippen LogP contribution in [0, 0.1) is 15.5 Å². The number of nitrogens with zero attached hydrogens (tertiary/aromatic N) is 1. The molecule has 1 saturated carbocycles. The molecule has 1 aliphatic rings. The average Bonchev–Trinajstić information content (AvgIpc) is 2.94. The Labute approximate surface area is 128 Å². The number of hydrogen-bond donors (Lipinski definition) is 1. The van der Waals surface area contributed by atoms with Crippen LogP contribution in [0.4, 0.5) is 5.69 Å². The smallest absolute Gasteiger partial charge is 0.270 e. The van der Waals surface area contributed by atoms with Crippen LogP contribution in [-0.2, 0) is 0 Å². The van der Waals surface area contributed by atoms with Gasteiger partial charge < -0.3 is 5.32 Å². The lowest BCUT2D eigenvalue weighted by atomic mass is 9.83. The summed E-state index contributed by atoms with van der Waals surface area (Å²) in [4.78, 5) is 22.5. The number of amides is 1. The van der Waals surface area contributed by atoms with Crippen LogP contribution < -0.4 is 5.32 Å². The molecule has 0 saturated heterocycles. The maximum Gasteiger partial charge on any atom is 0.270 e. The summed E-state index contributed by atoms with van der Waals surface area (Å²) < 4.78 is 0. The highest BCUT2D eigenvalue weighted by Gasteiger charge is 2.32. The third-order valence-corrected chi connectivity index (χ3v) is 4.77. The molecule has 2 rings (SSSR count). The number of carbonyl (C=O) groups excluding carboxylic acids is 1. The van der Waals surface area contributed by atoms with Crippen LogP contribution in [0.15, 0.2) is 18.2 Å². The number of carbonyl (C=O) groups is 1. The van der Waals surface area contributed by atoms with Gasteiger partial charge in [-0.3, -0.25) is 14.9 Å². The van der Waals surface area contributed by atoms with Gasteiger partial charge in [0.25, 0.3) is 11.6 Å². The van der Waals surface area contributed by atoms with Gasteiger partial charge in [0.2, 0.25) is 0 Å². The fourth-order valence-electron chi connectivity index (χ4n) is 2.94. The van der Waals surface area contributed by atoms with E-state index in [1.54, 1.807) is 0 Å². The third-order valence-electron chi connectivity index (χ3n) is 4.44. The zero-order valence-electron chi connectivity index (χ0n) is 12.0. The van der Waals surface area contributed by atoms with Crippen molar-refractivity contribution in [3.05, 3.63) is 38.9 Å². The number of nitro groups is 1. The first-order valence-electron chi connectivity index (χ1n) is 7.19. The second kappa shape index (κ2) is 6.43. The van der Waals surface area contributed by atoms with E-state index in [1.165, 1.54) is 31.0 Å². The Kier molecular flexibility index (Phi) is 4.83. The predicted octanol–water partition coefficient (Wildman–Crippen LogP) is 3.95. The van der Waals surface area contributed by atoms with Crippen LogP contribution in [0.2, 0.25) is 5.02 Å². The van der Waals surface area contributed by atoms with Gasteiger partial charge in [0.05, 0.1) is 15.5 Å². The molecule has 1 aromatic carbocycles. The van der Waals surface area contributed by atoms with Crippen LogP contribution in [0.25, 0.3) is 0 Å². The van der Waals surface area contributed by atoms with Gasteiger partial charge in [0, 0.05) is 18.7 Å². The Bertz CT molecular complexity index is 554. The SMILES string of the molecule is CCC1(CNC(=O)c2cc([N+](=O)[O-])ccc2Cl)CCCC1. The van der Waals surface area contributed by atoms with Gasteiger partial charge in [0.15, 0.2) is 0 Å². The molecule has 0 aliphatic heterocycles. The van der Waals surface area contributed by atoms with Gasteiger partial charge in [-0.1, -0.05) is 31.4 Å². The van der Waals surface area contributed by atoms with E-state index in [2.05, 4.69) is 12.2 Å². The zero-order chi connectivity index (χ0) is 15.5. The van der Waals surface area contributed by atoms with Gasteiger partial charge in [0.1, 0.15) is 0 Å². The van der Waals surface area contributed by atoms with E-state index in [-0.39, 0.29) is 27.6 Å². The van der Waals surface area contributed by atoms with Crippen molar-refractivity contribution in [2.75, 3.05) is 6.54 Å². The third kappa shape index (κ3) is 3.53. The number of hydrogen-bond acceptors (Lipinski definition) is 3. The summed E-state index contributed by atoms with van der Waals surface area (Å²) in [6.45, 7) is 2.74. The molecule has 1 N–H and O–H groups in total. The maximum atomic E-state index is 12.2. The van der Waals surface area contributed by atoms with Crippen molar-refractivity contribution < 1.29 is 9.72 Å². The lowest BCUT2D eigenvalue weighted by molar-refractivity contribution is -0.384. The van der Waals surface area contributed by atoms with E-state index in [0.29, 0.717) is 6.54 Å². The number of non-ortho nitro benzene ring substituents is 1. The average molecular weight is 311 g/mol. The fraction of sp³-hybridized carbons (Fsp3) is 0.533. The molecule has 1 aromatic rings. The van der Waals surface area contributed by atoms with Crippen molar-refractivity contribution in [3.63, 3.8) is 0 Å². The van der Waals surface area contributed by atoms with E-state index >= 15 is 0 Å². The van der Waals surface area contributed by atoms with Crippen molar-refractivity contribution in [3.8, 4) is 0 Å². The minimum Gasteiger partial charge on any atom is -0.351 e. The number of nitrogens with one attached hydrogen (secondary N) is 1. The second-order valence-electron chi connectivity index (χ2n) is 5.66. The summed E-state index contributed by atoms with van der Waals surface area (Å²) in [5, 5.41) is 13.9. The Morgan fingerprint density at radius 2 is 2.10 bits per heavy atom. The van der Waals surface area contributed by atoms with E-state index < -0.39 is 4.92 Å². The predicted molar refractivity (Wildman–Crippen MR) is 81.6 cm³/mol. The van der Waals surface area contributed by atoms with Crippen LogP contribution in [0.1, 0.15) is 49.4 Å². The number of halogens is 1. The molecule has 1 amide bonds. The summed E-state index contributed by atoms with van der Waals surface area (Å²) in [6, 6.07) is 3.91. The quantitative estimate of drug-likeness (QED) is 0.661. The molecule has 0 unspecified atom stereocenters. The molecule has 0 spiro atoms. The molecule has 1 aliphatic carbocycles. The number of benzene rings is 1. The van der Waals surface area contributed by atoms with Crippen molar-refractivity contribution in [2.24, 2.45) is 5.41 Å². The van der Waals surface area contributed by atoms with Crippen molar-refractivity contribution in [1.29, 1.82) is 0 Å². The number of nitro benzene ring substituents is 1. The van der Waals surface area contributed by atoms with Gasteiger partial charge >= 0.3 is 0 Å². The Hall–Kier alpha value is -1.62. The first kappa shape index (κ1) is 15.8. The molecule has 21 heavy (non-hydrogen) atoms. The van der Waals surface area contributed by atoms with E-state index in [0.717, 1.165) is 19.3 Å². The summed E-state index contributed by atoms with van der Waals surface area (Å²) in [5.74, 6) is -0.344. The van der Waals surface area contributed by atoms with E-state index in [9.17, 15) is 14.9 Å². The summed E-state index contributed by atoms with van der Waals surface area (Å²) in [6.07, 6.45) is 5.65. The highest BCUT2D eigenvalue weighted by molar-refractivity contribution is 6.33. The Morgan fingerprint density at radius 3 is 2.67 bits per heavy atom. The van der Waals surface area contributed by atoms with Crippen molar-refractivity contribution in [1.82, 2.24) is 5.32 Å². The fourth-order valence-corrected chi connectivity index (χ4v) is 3.15. The molecule has 1 fully saturated rings. The summed E-state index contributed by atoms with van der Waals surface area (Å²) in [5.41, 5.74) is 0.203. The number of rotatable bonds is 5. The zero-order valence-corrected chi connectivity index (χ0v) is 12.8. The highest BCUT2D eigenvalue weighted by Crippen LogP contribution is 2.40. The monoisotopic (exact) mass is 310 g/mol.